The first-order valence-corrected chi connectivity index (χ1v) is 7.42. The van der Waals surface area contributed by atoms with E-state index >= 15 is 0 Å². The van der Waals surface area contributed by atoms with Crippen LogP contribution >= 0.6 is 0 Å². The third-order valence-corrected chi connectivity index (χ3v) is 4.30. The predicted molar refractivity (Wildman–Crippen MR) is 68.9 cm³/mol. The van der Waals surface area contributed by atoms with Crippen LogP contribution in [0.15, 0.2) is 18.2 Å². The molecule has 0 radical (unpaired) electrons. The van der Waals surface area contributed by atoms with Crippen LogP contribution in [0.1, 0.15) is 6.92 Å². The molecule has 1 heterocycles. The highest BCUT2D eigenvalue weighted by Crippen LogP contribution is 2.15. The molecule has 0 fully saturated rings. The van der Waals surface area contributed by atoms with Gasteiger partial charge in [-0.2, -0.15) is 0 Å². The van der Waals surface area contributed by atoms with Crippen molar-refractivity contribution in [3.8, 4) is 0 Å². The summed E-state index contributed by atoms with van der Waals surface area (Å²) in [6.07, 6.45) is 0. The second-order valence-electron chi connectivity index (χ2n) is 3.91. The normalized spacial score (nSPS) is 11.9. The smallest absolute Gasteiger partial charge is 0.201 e. The van der Waals surface area contributed by atoms with E-state index in [1.54, 1.807) is 13.0 Å². The van der Waals surface area contributed by atoms with Crippen LogP contribution < -0.4 is 5.32 Å². The number of aromatic amines is 1. The number of hydrogen-bond acceptors (Lipinski definition) is 4. The molecule has 1 aromatic carbocycles. The first-order chi connectivity index (χ1) is 8.50. The Bertz CT molecular complexity index is 651. The summed E-state index contributed by atoms with van der Waals surface area (Å²) in [5.74, 6) is 0.280. The minimum absolute atomic E-state index is 0.0505. The molecule has 0 aliphatic heterocycles. The van der Waals surface area contributed by atoms with Gasteiger partial charge in [-0.25, -0.2) is 17.8 Å². The second kappa shape index (κ2) is 4.93. The van der Waals surface area contributed by atoms with E-state index in [2.05, 4.69) is 15.3 Å². The summed E-state index contributed by atoms with van der Waals surface area (Å²) in [5, 5.41) is 2.88. The Kier molecular flexibility index (Phi) is 3.51. The standard InChI is InChI=1S/C11H14FN3O2S/c1-2-18(16,17)6-5-13-11-14-9-4-3-8(12)7-10(9)15-11/h3-4,7H,2,5-6H2,1H3,(H2,13,14,15). The summed E-state index contributed by atoms with van der Waals surface area (Å²) in [4.78, 5) is 7.05. The Morgan fingerprint density at radius 2 is 2.22 bits per heavy atom. The van der Waals surface area contributed by atoms with Gasteiger partial charge in [0.1, 0.15) is 5.82 Å². The van der Waals surface area contributed by atoms with Crippen molar-refractivity contribution in [2.45, 2.75) is 6.92 Å². The van der Waals surface area contributed by atoms with Crippen molar-refractivity contribution in [2.24, 2.45) is 0 Å². The molecular formula is C11H14FN3O2S. The Morgan fingerprint density at radius 3 is 2.94 bits per heavy atom. The molecule has 0 amide bonds. The molecule has 0 bridgehead atoms. The SMILES string of the molecule is CCS(=O)(=O)CCNc1nc2ccc(F)cc2[nH]1. The van der Waals surface area contributed by atoms with Gasteiger partial charge < -0.3 is 10.3 Å². The maximum atomic E-state index is 13.0. The van der Waals surface area contributed by atoms with Crippen LogP contribution in [0.2, 0.25) is 0 Å². The number of aromatic nitrogens is 2. The van der Waals surface area contributed by atoms with Crippen LogP contribution in [-0.2, 0) is 9.84 Å². The molecule has 5 nitrogen and oxygen atoms in total. The van der Waals surface area contributed by atoms with Crippen molar-refractivity contribution in [1.29, 1.82) is 0 Å². The lowest BCUT2D eigenvalue weighted by Crippen LogP contribution is -2.17. The number of sulfone groups is 1. The van der Waals surface area contributed by atoms with E-state index in [1.807, 2.05) is 0 Å². The largest absolute Gasteiger partial charge is 0.355 e. The number of anilines is 1. The molecular weight excluding hydrogens is 257 g/mol. The zero-order valence-electron chi connectivity index (χ0n) is 9.90. The van der Waals surface area contributed by atoms with Gasteiger partial charge >= 0.3 is 0 Å². The van der Waals surface area contributed by atoms with Crippen molar-refractivity contribution in [3.63, 3.8) is 0 Å². The summed E-state index contributed by atoms with van der Waals surface area (Å²) in [6, 6.07) is 4.24. The van der Waals surface area contributed by atoms with Crippen LogP contribution in [0.5, 0.6) is 0 Å². The number of rotatable bonds is 5. The van der Waals surface area contributed by atoms with Gasteiger partial charge in [-0.1, -0.05) is 6.92 Å². The molecule has 0 atom stereocenters. The highest BCUT2D eigenvalue weighted by molar-refractivity contribution is 7.91. The second-order valence-corrected chi connectivity index (χ2v) is 6.38. The van der Waals surface area contributed by atoms with Crippen LogP contribution in [0.25, 0.3) is 11.0 Å². The average molecular weight is 271 g/mol. The van der Waals surface area contributed by atoms with Crippen molar-refractivity contribution in [2.75, 3.05) is 23.4 Å². The van der Waals surface area contributed by atoms with E-state index in [-0.39, 0.29) is 23.9 Å². The molecule has 2 rings (SSSR count). The Labute approximate surface area is 104 Å². The lowest BCUT2D eigenvalue weighted by Gasteiger charge is -2.02. The lowest BCUT2D eigenvalue weighted by molar-refractivity contribution is 0.597. The molecule has 7 heteroatoms. The Hall–Kier alpha value is -1.63. The van der Waals surface area contributed by atoms with Gasteiger partial charge in [0.2, 0.25) is 5.95 Å². The minimum Gasteiger partial charge on any atom is -0.355 e. The molecule has 98 valence electrons. The van der Waals surface area contributed by atoms with Gasteiger partial charge in [0.15, 0.2) is 9.84 Å². The molecule has 18 heavy (non-hydrogen) atoms. The molecule has 1 aromatic heterocycles. The number of imidazole rings is 1. The molecule has 0 aliphatic carbocycles. The fourth-order valence-electron chi connectivity index (χ4n) is 1.53. The van der Waals surface area contributed by atoms with Crippen molar-refractivity contribution < 1.29 is 12.8 Å². The van der Waals surface area contributed by atoms with Crippen LogP contribution in [0.4, 0.5) is 10.3 Å². The molecule has 2 aromatic rings. The third-order valence-electron chi connectivity index (χ3n) is 2.59. The van der Waals surface area contributed by atoms with Crippen LogP contribution in [0.3, 0.4) is 0 Å². The van der Waals surface area contributed by atoms with Crippen LogP contribution in [0, 0.1) is 5.82 Å². The van der Waals surface area contributed by atoms with Gasteiger partial charge in [-0.05, 0) is 18.2 Å². The maximum Gasteiger partial charge on any atom is 0.201 e. The number of nitrogens with one attached hydrogen (secondary N) is 2. The molecule has 0 saturated carbocycles. The molecule has 0 saturated heterocycles. The minimum atomic E-state index is -2.99. The van der Waals surface area contributed by atoms with Crippen molar-refractivity contribution >= 4 is 26.8 Å². The van der Waals surface area contributed by atoms with Crippen LogP contribution in [-0.4, -0.2) is 36.4 Å². The van der Waals surface area contributed by atoms with E-state index in [4.69, 9.17) is 0 Å². The number of fused-ring (bicyclic) bond motifs is 1. The highest BCUT2D eigenvalue weighted by atomic mass is 32.2. The van der Waals surface area contributed by atoms with Crippen molar-refractivity contribution in [1.82, 2.24) is 9.97 Å². The quantitative estimate of drug-likeness (QED) is 0.865. The molecule has 0 spiro atoms. The third kappa shape index (κ3) is 2.98. The summed E-state index contributed by atoms with van der Waals surface area (Å²) < 4.78 is 35.5. The Balaban J connectivity index is 2.04. The van der Waals surface area contributed by atoms with Crippen molar-refractivity contribution in [3.05, 3.63) is 24.0 Å². The highest BCUT2D eigenvalue weighted by Gasteiger charge is 2.08. The van der Waals surface area contributed by atoms with Gasteiger partial charge in [0.25, 0.3) is 0 Å². The zero-order chi connectivity index (χ0) is 13.2. The van der Waals surface area contributed by atoms with Gasteiger partial charge in [0, 0.05) is 12.3 Å². The average Bonchev–Trinajstić information content (AvgIpc) is 2.70. The topological polar surface area (TPSA) is 74.8 Å². The summed E-state index contributed by atoms with van der Waals surface area (Å²) >= 11 is 0. The number of nitrogens with zero attached hydrogens (tertiary/aromatic N) is 1. The van der Waals surface area contributed by atoms with E-state index in [0.717, 1.165) is 0 Å². The van der Waals surface area contributed by atoms with E-state index in [9.17, 15) is 12.8 Å². The predicted octanol–water partition coefficient (Wildman–Crippen LogP) is 1.55. The fourth-order valence-corrected chi connectivity index (χ4v) is 2.24. The maximum absolute atomic E-state index is 13.0. The fraction of sp³-hybridized carbons (Fsp3) is 0.364. The molecule has 0 aliphatic rings. The first-order valence-electron chi connectivity index (χ1n) is 5.60. The number of hydrogen-bond donors (Lipinski definition) is 2. The zero-order valence-corrected chi connectivity index (χ0v) is 10.7. The molecule has 2 N–H and O–H groups in total. The van der Waals surface area contributed by atoms with Gasteiger partial charge in [-0.15, -0.1) is 0 Å². The number of halogens is 1. The number of benzene rings is 1. The summed E-state index contributed by atoms with van der Waals surface area (Å²) in [6.45, 7) is 1.89. The molecule has 0 unspecified atom stereocenters. The first kappa shape index (κ1) is 12.8. The lowest BCUT2D eigenvalue weighted by atomic mass is 10.3. The van der Waals surface area contributed by atoms with Gasteiger partial charge in [-0.3, -0.25) is 0 Å². The Morgan fingerprint density at radius 1 is 1.44 bits per heavy atom. The van der Waals surface area contributed by atoms with Gasteiger partial charge in [0.05, 0.1) is 16.8 Å². The van der Waals surface area contributed by atoms with E-state index in [1.165, 1.54) is 12.1 Å². The summed E-state index contributed by atoms with van der Waals surface area (Å²) in [7, 11) is -2.99. The summed E-state index contributed by atoms with van der Waals surface area (Å²) in [5.41, 5.74) is 1.22. The number of H-pyrrole nitrogens is 1. The van der Waals surface area contributed by atoms with E-state index in [0.29, 0.717) is 17.0 Å². The van der Waals surface area contributed by atoms with E-state index < -0.39 is 9.84 Å². The monoisotopic (exact) mass is 271 g/mol.